The molecule has 7 heteroatoms. The van der Waals surface area contributed by atoms with Gasteiger partial charge in [0.2, 0.25) is 20.9 Å². The Morgan fingerprint density at radius 1 is 1.32 bits per heavy atom. The van der Waals surface area contributed by atoms with Crippen molar-refractivity contribution in [1.29, 1.82) is 0 Å². The molecule has 1 aliphatic heterocycles. The Hall–Kier alpha value is -1.37. The van der Waals surface area contributed by atoms with Gasteiger partial charge >= 0.3 is 0 Å². The van der Waals surface area contributed by atoms with Crippen LogP contribution in [0.5, 0.6) is 0 Å². The van der Waals surface area contributed by atoms with Crippen molar-refractivity contribution in [2.24, 2.45) is 0 Å². The molecule has 0 aliphatic carbocycles. The van der Waals surface area contributed by atoms with Crippen LogP contribution in [0.3, 0.4) is 0 Å². The topological polar surface area (TPSA) is 83.1 Å². The maximum Gasteiger partial charge on any atom is 0.241 e. The number of imidazole rings is 1. The normalized spacial score (nSPS) is 18.9. The predicted octanol–water partition coefficient (Wildman–Crippen LogP) is 0.974. The average Bonchev–Trinajstić information content (AvgIpc) is 2.81. The SMILES string of the molecule is CC(C(=O)N1CCCCCC1)S(=O)(=O)c1ncc[nH]1. The van der Waals surface area contributed by atoms with Gasteiger partial charge in [0.15, 0.2) is 0 Å². The van der Waals surface area contributed by atoms with Gasteiger partial charge in [0, 0.05) is 25.5 Å². The van der Waals surface area contributed by atoms with E-state index >= 15 is 0 Å². The number of aromatic nitrogens is 2. The van der Waals surface area contributed by atoms with Gasteiger partial charge < -0.3 is 9.88 Å². The zero-order valence-corrected chi connectivity index (χ0v) is 11.8. The molecule has 1 unspecified atom stereocenters. The highest BCUT2D eigenvalue weighted by Crippen LogP contribution is 2.16. The second-order valence-electron chi connectivity index (χ2n) is 4.82. The van der Waals surface area contributed by atoms with Gasteiger partial charge in [0.05, 0.1) is 0 Å². The molecule has 1 fully saturated rings. The quantitative estimate of drug-likeness (QED) is 0.897. The van der Waals surface area contributed by atoms with E-state index < -0.39 is 15.1 Å². The van der Waals surface area contributed by atoms with Crippen molar-refractivity contribution in [1.82, 2.24) is 14.9 Å². The molecule has 0 bridgehead atoms. The summed E-state index contributed by atoms with van der Waals surface area (Å²) in [4.78, 5) is 20.3. The second-order valence-corrected chi connectivity index (χ2v) is 7.00. The van der Waals surface area contributed by atoms with E-state index in [2.05, 4.69) is 9.97 Å². The zero-order chi connectivity index (χ0) is 13.9. The molecule has 0 saturated carbocycles. The first-order valence-electron chi connectivity index (χ1n) is 6.55. The molecule has 2 heterocycles. The van der Waals surface area contributed by atoms with E-state index in [1.165, 1.54) is 19.3 Å². The van der Waals surface area contributed by atoms with Crippen LogP contribution >= 0.6 is 0 Å². The number of aromatic amines is 1. The van der Waals surface area contributed by atoms with Gasteiger partial charge in [-0.05, 0) is 19.8 Å². The minimum absolute atomic E-state index is 0.136. The summed E-state index contributed by atoms with van der Waals surface area (Å²) in [6.45, 7) is 2.73. The molecule has 1 aliphatic rings. The largest absolute Gasteiger partial charge is 0.342 e. The summed E-state index contributed by atoms with van der Waals surface area (Å²) in [5.74, 6) is -0.321. The number of likely N-dealkylation sites (tertiary alicyclic amines) is 1. The third-order valence-electron chi connectivity index (χ3n) is 3.47. The van der Waals surface area contributed by atoms with Gasteiger partial charge in [-0.15, -0.1) is 0 Å². The van der Waals surface area contributed by atoms with E-state index in [9.17, 15) is 13.2 Å². The molecule has 19 heavy (non-hydrogen) atoms. The molecule has 2 rings (SSSR count). The molecular weight excluding hydrogens is 266 g/mol. The predicted molar refractivity (Wildman–Crippen MR) is 70.3 cm³/mol. The Bertz CT molecular complexity index is 516. The fourth-order valence-electron chi connectivity index (χ4n) is 2.25. The fourth-order valence-corrected chi connectivity index (χ4v) is 3.44. The minimum atomic E-state index is -3.71. The molecule has 0 aromatic carbocycles. The van der Waals surface area contributed by atoms with Crippen LogP contribution in [0.1, 0.15) is 32.6 Å². The minimum Gasteiger partial charge on any atom is -0.342 e. The number of amides is 1. The highest BCUT2D eigenvalue weighted by Gasteiger charge is 2.34. The number of hydrogen-bond donors (Lipinski definition) is 1. The van der Waals surface area contributed by atoms with E-state index in [0.29, 0.717) is 13.1 Å². The smallest absolute Gasteiger partial charge is 0.241 e. The molecule has 1 aromatic heterocycles. The molecular formula is C12H19N3O3S. The second kappa shape index (κ2) is 5.73. The summed E-state index contributed by atoms with van der Waals surface area (Å²) in [5, 5.41) is -1.22. The van der Waals surface area contributed by atoms with Gasteiger partial charge in [-0.2, -0.15) is 0 Å². The lowest BCUT2D eigenvalue weighted by Crippen LogP contribution is -2.42. The van der Waals surface area contributed by atoms with E-state index in [1.807, 2.05) is 0 Å². The zero-order valence-electron chi connectivity index (χ0n) is 11.0. The Morgan fingerprint density at radius 2 is 1.95 bits per heavy atom. The van der Waals surface area contributed by atoms with Crippen molar-refractivity contribution < 1.29 is 13.2 Å². The number of rotatable bonds is 3. The highest BCUT2D eigenvalue weighted by molar-refractivity contribution is 7.92. The molecule has 6 nitrogen and oxygen atoms in total. The maximum atomic E-state index is 12.3. The molecule has 1 aromatic rings. The summed E-state index contributed by atoms with van der Waals surface area (Å²) >= 11 is 0. The number of sulfone groups is 1. The fraction of sp³-hybridized carbons (Fsp3) is 0.667. The molecule has 106 valence electrons. The van der Waals surface area contributed by atoms with Crippen LogP contribution < -0.4 is 0 Å². The van der Waals surface area contributed by atoms with Gasteiger partial charge in [0.25, 0.3) is 0 Å². The Kier molecular flexibility index (Phi) is 4.24. The first-order chi connectivity index (χ1) is 9.03. The summed E-state index contributed by atoms with van der Waals surface area (Å²) < 4.78 is 24.4. The third kappa shape index (κ3) is 2.97. The van der Waals surface area contributed by atoms with E-state index in [4.69, 9.17) is 0 Å². The first kappa shape index (κ1) is 14.0. The highest BCUT2D eigenvalue weighted by atomic mass is 32.2. The van der Waals surface area contributed by atoms with Crippen LogP contribution in [0.2, 0.25) is 0 Å². The molecule has 1 amide bonds. The molecule has 1 atom stereocenters. The Balaban J connectivity index is 2.14. The van der Waals surface area contributed by atoms with Crippen LogP contribution in [0, 0.1) is 0 Å². The molecule has 0 spiro atoms. The molecule has 0 radical (unpaired) electrons. The van der Waals surface area contributed by atoms with Gasteiger partial charge in [-0.1, -0.05) is 12.8 Å². The van der Waals surface area contributed by atoms with Crippen LogP contribution in [-0.2, 0) is 14.6 Å². The number of H-pyrrole nitrogens is 1. The van der Waals surface area contributed by atoms with Crippen LogP contribution in [0.4, 0.5) is 0 Å². The summed E-state index contributed by atoms with van der Waals surface area (Å²) in [5.41, 5.74) is 0. The van der Waals surface area contributed by atoms with Crippen molar-refractivity contribution >= 4 is 15.7 Å². The van der Waals surface area contributed by atoms with Crippen LogP contribution in [0.15, 0.2) is 17.6 Å². The Morgan fingerprint density at radius 3 is 2.47 bits per heavy atom. The third-order valence-corrected chi connectivity index (χ3v) is 5.37. The van der Waals surface area contributed by atoms with Gasteiger partial charge in [-0.25, -0.2) is 13.4 Å². The molecule has 1 saturated heterocycles. The summed E-state index contributed by atoms with van der Waals surface area (Å²) in [7, 11) is -3.71. The van der Waals surface area contributed by atoms with Gasteiger partial charge in [-0.3, -0.25) is 4.79 Å². The average molecular weight is 285 g/mol. The number of carbonyl (C=O) groups excluding carboxylic acids is 1. The van der Waals surface area contributed by atoms with Gasteiger partial charge in [0.1, 0.15) is 5.25 Å². The number of hydrogen-bond acceptors (Lipinski definition) is 4. The Labute approximate surface area is 113 Å². The van der Waals surface area contributed by atoms with Crippen molar-refractivity contribution in [3.8, 4) is 0 Å². The maximum absolute atomic E-state index is 12.3. The summed E-state index contributed by atoms with van der Waals surface area (Å²) in [6.07, 6.45) is 6.90. The number of nitrogens with one attached hydrogen (secondary N) is 1. The van der Waals surface area contributed by atoms with E-state index in [0.717, 1.165) is 25.7 Å². The van der Waals surface area contributed by atoms with Crippen molar-refractivity contribution in [2.45, 2.75) is 43.0 Å². The summed E-state index contributed by atoms with van der Waals surface area (Å²) in [6, 6.07) is 0. The van der Waals surface area contributed by atoms with E-state index in [-0.39, 0.29) is 11.1 Å². The number of carbonyl (C=O) groups is 1. The lowest BCUT2D eigenvalue weighted by Gasteiger charge is -2.23. The van der Waals surface area contributed by atoms with Crippen LogP contribution in [-0.4, -0.2) is 47.5 Å². The monoisotopic (exact) mass is 285 g/mol. The van der Waals surface area contributed by atoms with Crippen molar-refractivity contribution in [2.75, 3.05) is 13.1 Å². The lowest BCUT2D eigenvalue weighted by molar-refractivity contribution is -0.130. The van der Waals surface area contributed by atoms with Crippen molar-refractivity contribution in [3.63, 3.8) is 0 Å². The molecule has 1 N–H and O–H groups in total. The van der Waals surface area contributed by atoms with Crippen LogP contribution in [0.25, 0.3) is 0 Å². The van der Waals surface area contributed by atoms with Crippen molar-refractivity contribution in [3.05, 3.63) is 12.4 Å². The first-order valence-corrected chi connectivity index (χ1v) is 8.10. The number of nitrogens with zero attached hydrogens (tertiary/aromatic N) is 2. The standard InChI is InChI=1S/C12H19N3O3S/c1-10(19(17,18)12-13-6-7-14-12)11(16)15-8-4-2-3-5-9-15/h6-7,10H,2-5,8-9H2,1H3,(H,13,14). The van der Waals surface area contributed by atoms with E-state index in [1.54, 1.807) is 4.90 Å². The lowest BCUT2D eigenvalue weighted by atomic mass is 10.2.